The average molecular weight is 414 g/mol. The first-order valence-electron chi connectivity index (χ1n) is 5.47. The van der Waals surface area contributed by atoms with Gasteiger partial charge in [-0.05, 0) is 17.5 Å². The van der Waals surface area contributed by atoms with Gasteiger partial charge in [0.2, 0.25) is 0 Å². The molecular weight excluding hydrogens is 403 g/mol. The van der Waals surface area contributed by atoms with E-state index in [1.165, 1.54) is 0 Å². The smallest absolute Gasteiger partial charge is 0.123 e. The van der Waals surface area contributed by atoms with Crippen molar-refractivity contribution < 1.29 is 21.1 Å². The van der Waals surface area contributed by atoms with Crippen molar-refractivity contribution in [1.82, 2.24) is 4.98 Å². The summed E-state index contributed by atoms with van der Waals surface area (Å²) in [5.41, 5.74) is 8.78. The number of hydrogen-bond acceptors (Lipinski definition) is 2. The molecule has 3 heteroatoms. The van der Waals surface area contributed by atoms with E-state index in [1.54, 1.807) is 0 Å². The quantitative estimate of drug-likeness (QED) is 0.621. The molecular formula is C15H11N2Pt-. The number of para-hydroxylation sites is 1. The fraction of sp³-hybridized carbons (Fsp3) is 0. The van der Waals surface area contributed by atoms with Crippen LogP contribution in [0.15, 0.2) is 54.6 Å². The van der Waals surface area contributed by atoms with Crippen molar-refractivity contribution in [2.75, 3.05) is 5.73 Å². The van der Waals surface area contributed by atoms with Crippen molar-refractivity contribution in [3.63, 3.8) is 0 Å². The second kappa shape index (κ2) is 5.32. The molecule has 2 aromatic carbocycles. The number of hydrogen-bond donors (Lipinski definition) is 1. The predicted molar refractivity (Wildman–Crippen MR) is 70.4 cm³/mol. The summed E-state index contributed by atoms with van der Waals surface area (Å²) >= 11 is 0. The number of nitrogens with zero attached hydrogens (tertiary/aromatic N) is 1. The van der Waals surface area contributed by atoms with E-state index in [4.69, 9.17) is 5.73 Å². The third-order valence-corrected chi connectivity index (χ3v) is 2.74. The number of rotatable bonds is 1. The molecule has 0 saturated carbocycles. The monoisotopic (exact) mass is 414 g/mol. The van der Waals surface area contributed by atoms with E-state index in [2.05, 4.69) is 11.1 Å². The van der Waals surface area contributed by atoms with Crippen LogP contribution in [0, 0.1) is 6.07 Å². The van der Waals surface area contributed by atoms with E-state index in [-0.39, 0.29) is 21.1 Å². The predicted octanol–water partition coefficient (Wildman–Crippen LogP) is 3.28. The Labute approximate surface area is 120 Å². The van der Waals surface area contributed by atoms with Crippen LogP contribution < -0.4 is 5.73 Å². The number of pyridine rings is 1. The Morgan fingerprint density at radius 2 is 1.83 bits per heavy atom. The molecule has 3 aromatic rings. The molecule has 0 saturated heterocycles. The molecule has 1 heterocycles. The summed E-state index contributed by atoms with van der Waals surface area (Å²) in [6.45, 7) is 0. The Morgan fingerprint density at radius 3 is 2.61 bits per heavy atom. The van der Waals surface area contributed by atoms with Crippen LogP contribution in [-0.4, -0.2) is 4.98 Å². The summed E-state index contributed by atoms with van der Waals surface area (Å²) < 4.78 is 0. The minimum absolute atomic E-state index is 0. The Morgan fingerprint density at radius 1 is 0.944 bits per heavy atom. The molecule has 0 spiro atoms. The zero-order valence-corrected chi connectivity index (χ0v) is 11.8. The van der Waals surface area contributed by atoms with Gasteiger partial charge in [-0.3, -0.25) is 0 Å². The largest absolute Gasteiger partial charge is 0.384 e. The van der Waals surface area contributed by atoms with Crippen molar-refractivity contribution in [2.45, 2.75) is 0 Å². The summed E-state index contributed by atoms with van der Waals surface area (Å²) in [5.74, 6) is 0.542. The molecule has 0 radical (unpaired) electrons. The minimum Gasteiger partial charge on any atom is -0.384 e. The topological polar surface area (TPSA) is 38.9 Å². The molecule has 92 valence electrons. The van der Waals surface area contributed by atoms with Gasteiger partial charge in [0, 0.05) is 26.6 Å². The third-order valence-electron chi connectivity index (χ3n) is 2.74. The van der Waals surface area contributed by atoms with Crippen LogP contribution in [0.3, 0.4) is 0 Å². The van der Waals surface area contributed by atoms with E-state index in [1.807, 2.05) is 54.6 Å². The number of anilines is 1. The summed E-state index contributed by atoms with van der Waals surface area (Å²) in [6, 6.07) is 21.0. The third kappa shape index (κ3) is 2.30. The molecule has 18 heavy (non-hydrogen) atoms. The molecule has 0 aliphatic rings. The van der Waals surface area contributed by atoms with Crippen LogP contribution in [0.4, 0.5) is 5.82 Å². The summed E-state index contributed by atoms with van der Waals surface area (Å²) in [7, 11) is 0. The van der Waals surface area contributed by atoms with Gasteiger partial charge in [0.05, 0.1) is 0 Å². The molecule has 0 aliphatic carbocycles. The van der Waals surface area contributed by atoms with Gasteiger partial charge in [-0.2, -0.15) is 0 Å². The van der Waals surface area contributed by atoms with E-state index in [0.717, 1.165) is 22.0 Å². The fourth-order valence-electron chi connectivity index (χ4n) is 1.94. The van der Waals surface area contributed by atoms with Crippen molar-refractivity contribution in [2.24, 2.45) is 0 Å². The van der Waals surface area contributed by atoms with Crippen LogP contribution in [0.25, 0.3) is 22.0 Å². The second-order valence-corrected chi connectivity index (χ2v) is 3.89. The maximum absolute atomic E-state index is 5.75. The van der Waals surface area contributed by atoms with Crippen LogP contribution in [-0.2, 0) is 21.1 Å². The Bertz CT molecular complexity index is 666. The molecule has 3 rings (SSSR count). The molecule has 0 unspecified atom stereocenters. The summed E-state index contributed by atoms with van der Waals surface area (Å²) in [5, 5.41) is 1.09. The zero-order chi connectivity index (χ0) is 11.7. The first-order valence-corrected chi connectivity index (χ1v) is 5.47. The van der Waals surface area contributed by atoms with E-state index in [9.17, 15) is 0 Å². The fourth-order valence-corrected chi connectivity index (χ4v) is 1.94. The van der Waals surface area contributed by atoms with Gasteiger partial charge in [0.15, 0.2) is 0 Å². The maximum atomic E-state index is 5.75. The van der Waals surface area contributed by atoms with Gasteiger partial charge in [0.25, 0.3) is 0 Å². The Hall–Kier alpha value is -1.66. The normalized spacial score (nSPS) is 10.0. The first-order chi connectivity index (χ1) is 8.34. The van der Waals surface area contributed by atoms with Crippen molar-refractivity contribution in [3.05, 3.63) is 60.7 Å². The molecule has 0 aliphatic heterocycles. The molecule has 2 nitrogen and oxygen atoms in total. The molecule has 2 N–H and O–H groups in total. The number of aromatic nitrogens is 1. The van der Waals surface area contributed by atoms with Crippen molar-refractivity contribution >= 4 is 16.7 Å². The second-order valence-electron chi connectivity index (χ2n) is 3.89. The maximum Gasteiger partial charge on any atom is 0.123 e. The van der Waals surface area contributed by atoms with Crippen LogP contribution >= 0.6 is 0 Å². The molecule has 1 aromatic heterocycles. The molecule has 0 atom stereocenters. The van der Waals surface area contributed by atoms with Gasteiger partial charge in [0.1, 0.15) is 5.82 Å². The molecule has 0 bridgehead atoms. The minimum atomic E-state index is 0. The number of fused-ring (bicyclic) bond motifs is 1. The summed E-state index contributed by atoms with van der Waals surface area (Å²) in [6.07, 6.45) is 0. The van der Waals surface area contributed by atoms with Gasteiger partial charge in [-0.15, -0.1) is 35.9 Å². The van der Waals surface area contributed by atoms with Crippen LogP contribution in [0.2, 0.25) is 0 Å². The Balaban J connectivity index is 0.00000120. The van der Waals surface area contributed by atoms with Gasteiger partial charge >= 0.3 is 0 Å². The Kier molecular flexibility index (Phi) is 3.78. The molecule has 0 fully saturated rings. The van der Waals surface area contributed by atoms with Crippen molar-refractivity contribution in [3.8, 4) is 11.1 Å². The van der Waals surface area contributed by atoms with E-state index < -0.39 is 0 Å². The van der Waals surface area contributed by atoms with E-state index in [0.29, 0.717) is 5.82 Å². The average Bonchev–Trinajstić information content (AvgIpc) is 2.39. The number of benzene rings is 2. The van der Waals surface area contributed by atoms with Gasteiger partial charge < -0.3 is 5.73 Å². The standard InChI is InChI=1S/C15H11N2.Pt/c16-14-10-9-12-7-4-8-13(15(12)17-14)11-5-2-1-3-6-11;/h1-5,7-10H,(H2,16,17);/q-1;. The van der Waals surface area contributed by atoms with Gasteiger partial charge in [-0.1, -0.05) is 23.8 Å². The summed E-state index contributed by atoms with van der Waals surface area (Å²) in [4.78, 5) is 4.41. The van der Waals surface area contributed by atoms with E-state index >= 15 is 0 Å². The zero-order valence-electron chi connectivity index (χ0n) is 9.54. The van der Waals surface area contributed by atoms with Crippen LogP contribution in [0.5, 0.6) is 0 Å². The number of nitrogen functional groups attached to an aromatic ring is 1. The number of nitrogens with two attached hydrogens (primary N) is 1. The first kappa shape index (κ1) is 12.8. The van der Waals surface area contributed by atoms with Crippen LogP contribution in [0.1, 0.15) is 0 Å². The van der Waals surface area contributed by atoms with Crippen molar-refractivity contribution in [1.29, 1.82) is 0 Å². The van der Waals surface area contributed by atoms with Gasteiger partial charge in [-0.25, -0.2) is 4.98 Å². The molecule has 0 amide bonds. The SMILES string of the molecule is Nc1ccc2cccc(-c3[c-]cccc3)c2n1.[Pt].